The Bertz CT molecular complexity index is 1050. The fraction of sp³-hybridized carbons (Fsp3) is 0.250. The second-order valence-electron chi connectivity index (χ2n) is 6.22. The van der Waals surface area contributed by atoms with Gasteiger partial charge in [0.15, 0.2) is 0 Å². The molecule has 1 heterocycles. The number of benzene rings is 2. The number of aryl methyl sites for hydroxylation is 1. The monoisotopic (exact) mass is 386 g/mol. The molecule has 27 heavy (non-hydrogen) atoms. The van der Waals surface area contributed by atoms with Crippen molar-refractivity contribution in [2.24, 2.45) is 0 Å². The largest absolute Gasteiger partial charge is 0.450 e. The van der Waals surface area contributed by atoms with E-state index in [1.54, 1.807) is 43.5 Å². The summed E-state index contributed by atoms with van der Waals surface area (Å²) in [4.78, 5) is 11.6. The summed E-state index contributed by atoms with van der Waals surface area (Å²) in [5.74, 6) is 0. The highest BCUT2D eigenvalue weighted by molar-refractivity contribution is 7.90. The topological polar surface area (TPSA) is 77.4 Å². The lowest BCUT2D eigenvalue weighted by atomic mass is 10.1. The van der Waals surface area contributed by atoms with Crippen LogP contribution in [0.4, 0.5) is 4.79 Å². The summed E-state index contributed by atoms with van der Waals surface area (Å²) in [5, 5.41) is 3.50. The zero-order chi connectivity index (χ0) is 19.4. The van der Waals surface area contributed by atoms with Gasteiger partial charge in [-0.2, -0.15) is 0 Å². The summed E-state index contributed by atoms with van der Waals surface area (Å²) < 4.78 is 32.1. The average Bonchev–Trinajstić information content (AvgIpc) is 3.06. The molecule has 2 aromatic carbocycles. The lowest BCUT2D eigenvalue weighted by Gasteiger charge is -2.09. The first-order chi connectivity index (χ1) is 12.9. The fourth-order valence-corrected chi connectivity index (χ4v) is 4.17. The first-order valence-corrected chi connectivity index (χ1v) is 10.2. The Balaban J connectivity index is 1.87. The van der Waals surface area contributed by atoms with E-state index in [1.165, 1.54) is 3.97 Å². The summed E-state index contributed by atoms with van der Waals surface area (Å²) in [7, 11) is -3.67. The molecule has 0 atom stereocenters. The van der Waals surface area contributed by atoms with Crippen molar-refractivity contribution in [1.82, 2.24) is 9.29 Å². The van der Waals surface area contributed by atoms with Crippen molar-refractivity contribution >= 4 is 27.0 Å². The van der Waals surface area contributed by atoms with Gasteiger partial charge in [-0.05, 0) is 50.1 Å². The minimum absolute atomic E-state index is 0.250. The molecule has 142 valence electrons. The molecule has 6 nitrogen and oxygen atoms in total. The predicted molar refractivity (Wildman–Crippen MR) is 104 cm³/mol. The molecule has 1 N–H and O–H groups in total. The van der Waals surface area contributed by atoms with Gasteiger partial charge in [0.25, 0.3) is 10.0 Å². The Morgan fingerprint density at radius 1 is 1.11 bits per heavy atom. The van der Waals surface area contributed by atoms with Gasteiger partial charge in [0, 0.05) is 18.1 Å². The van der Waals surface area contributed by atoms with Gasteiger partial charge in [-0.1, -0.05) is 29.8 Å². The van der Waals surface area contributed by atoms with Crippen molar-refractivity contribution in [2.75, 3.05) is 13.2 Å². The van der Waals surface area contributed by atoms with Gasteiger partial charge in [0.05, 0.1) is 17.0 Å². The number of amides is 1. The van der Waals surface area contributed by atoms with E-state index < -0.39 is 16.1 Å². The molecule has 0 bridgehead atoms. The smallest absolute Gasteiger partial charge is 0.407 e. The number of nitrogens with zero attached hydrogens (tertiary/aromatic N) is 1. The van der Waals surface area contributed by atoms with Gasteiger partial charge in [-0.15, -0.1) is 0 Å². The lowest BCUT2D eigenvalue weighted by Crippen LogP contribution is -2.26. The molecule has 1 aromatic heterocycles. The SMILES string of the molecule is CCOC(=O)NCCc1ccc2ccn(S(=O)(=O)c3ccc(C)cc3)c2c1. The van der Waals surface area contributed by atoms with Crippen LogP contribution in [0, 0.1) is 6.92 Å². The van der Waals surface area contributed by atoms with Gasteiger partial charge >= 0.3 is 6.09 Å². The minimum Gasteiger partial charge on any atom is -0.450 e. The molecule has 3 rings (SSSR count). The molecular weight excluding hydrogens is 364 g/mol. The van der Waals surface area contributed by atoms with Crippen LogP contribution >= 0.6 is 0 Å². The molecule has 3 aromatic rings. The number of carbonyl (C=O) groups is 1. The normalized spacial score (nSPS) is 11.5. The summed E-state index contributed by atoms with van der Waals surface area (Å²) in [6.45, 7) is 4.39. The van der Waals surface area contributed by atoms with Gasteiger partial charge in [-0.3, -0.25) is 0 Å². The number of carbonyl (C=O) groups excluding carboxylic acids is 1. The standard InChI is InChI=1S/C20H22N2O4S/c1-3-26-20(23)21-12-10-16-6-7-17-11-13-22(19(17)14-16)27(24,25)18-8-4-15(2)5-9-18/h4-9,11,13-14H,3,10,12H2,1-2H3,(H,21,23). The van der Waals surface area contributed by atoms with Crippen LogP contribution in [0.5, 0.6) is 0 Å². The summed E-state index contributed by atoms with van der Waals surface area (Å²) in [6.07, 6.45) is 1.69. The fourth-order valence-electron chi connectivity index (χ4n) is 2.83. The summed E-state index contributed by atoms with van der Waals surface area (Å²) >= 11 is 0. The Hall–Kier alpha value is -2.80. The van der Waals surface area contributed by atoms with Crippen molar-refractivity contribution in [3.05, 3.63) is 65.9 Å². The van der Waals surface area contributed by atoms with E-state index in [9.17, 15) is 13.2 Å². The second-order valence-corrected chi connectivity index (χ2v) is 8.03. The minimum atomic E-state index is -3.67. The zero-order valence-electron chi connectivity index (χ0n) is 15.3. The first kappa shape index (κ1) is 19.0. The molecule has 0 spiro atoms. The van der Waals surface area contributed by atoms with Crippen molar-refractivity contribution < 1.29 is 17.9 Å². The number of rotatable bonds is 6. The molecule has 0 saturated carbocycles. The maximum Gasteiger partial charge on any atom is 0.407 e. The molecule has 0 radical (unpaired) electrons. The van der Waals surface area contributed by atoms with E-state index in [4.69, 9.17) is 4.74 Å². The zero-order valence-corrected chi connectivity index (χ0v) is 16.1. The Labute approximate surface area is 158 Å². The third kappa shape index (κ3) is 4.14. The molecule has 7 heteroatoms. The molecule has 0 saturated heterocycles. The van der Waals surface area contributed by atoms with Crippen LogP contribution in [-0.2, 0) is 21.2 Å². The number of fused-ring (bicyclic) bond motifs is 1. The third-order valence-electron chi connectivity index (χ3n) is 4.26. The Morgan fingerprint density at radius 2 is 1.85 bits per heavy atom. The predicted octanol–water partition coefficient (Wildman–Crippen LogP) is 3.48. The van der Waals surface area contributed by atoms with Crippen molar-refractivity contribution in [3.63, 3.8) is 0 Å². The quantitative estimate of drug-likeness (QED) is 0.704. The van der Waals surface area contributed by atoms with E-state index in [-0.39, 0.29) is 4.90 Å². The Morgan fingerprint density at radius 3 is 2.56 bits per heavy atom. The van der Waals surface area contributed by atoms with Crippen molar-refractivity contribution in [2.45, 2.75) is 25.2 Å². The van der Waals surface area contributed by atoms with E-state index in [1.807, 2.05) is 25.1 Å². The molecule has 0 aliphatic heterocycles. The molecular formula is C20H22N2O4S. The lowest BCUT2D eigenvalue weighted by molar-refractivity contribution is 0.152. The first-order valence-electron chi connectivity index (χ1n) is 8.74. The third-order valence-corrected chi connectivity index (χ3v) is 5.96. The van der Waals surface area contributed by atoms with Crippen LogP contribution in [0.1, 0.15) is 18.1 Å². The molecule has 0 unspecified atom stereocenters. The summed E-state index contributed by atoms with van der Waals surface area (Å²) in [6, 6.07) is 14.2. The summed E-state index contributed by atoms with van der Waals surface area (Å²) in [5.41, 5.74) is 2.55. The van der Waals surface area contributed by atoms with Crippen LogP contribution in [0.15, 0.2) is 59.6 Å². The maximum atomic E-state index is 13.0. The van der Waals surface area contributed by atoms with Crippen molar-refractivity contribution in [3.8, 4) is 0 Å². The number of hydrogen-bond acceptors (Lipinski definition) is 4. The van der Waals surface area contributed by atoms with E-state index in [2.05, 4.69) is 5.32 Å². The number of aromatic nitrogens is 1. The van der Waals surface area contributed by atoms with Gasteiger partial charge in [0.2, 0.25) is 0 Å². The van der Waals surface area contributed by atoms with Crippen molar-refractivity contribution in [1.29, 1.82) is 0 Å². The van der Waals surface area contributed by atoms with Crippen LogP contribution in [0.3, 0.4) is 0 Å². The van der Waals surface area contributed by atoms with Gasteiger partial charge in [0.1, 0.15) is 0 Å². The van der Waals surface area contributed by atoms with Crippen LogP contribution < -0.4 is 5.32 Å². The second kappa shape index (κ2) is 7.84. The Kier molecular flexibility index (Phi) is 5.51. The highest BCUT2D eigenvalue weighted by Crippen LogP contribution is 2.23. The molecule has 0 aliphatic rings. The number of nitrogens with one attached hydrogen (secondary N) is 1. The molecule has 0 aliphatic carbocycles. The molecule has 1 amide bonds. The average molecular weight is 386 g/mol. The number of ether oxygens (including phenoxy) is 1. The highest BCUT2D eigenvalue weighted by Gasteiger charge is 2.18. The molecule has 0 fully saturated rings. The van der Waals surface area contributed by atoms with Gasteiger partial charge in [-0.25, -0.2) is 17.2 Å². The van der Waals surface area contributed by atoms with Crippen LogP contribution in [-0.4, -0.2) is 31.6 Å². The van der Waals surface area contributed by atoms with Crippen LogP contribution in [0.25, 0.3) is 10.9 Å². The number of hydrogen-bond donors (Lipinski definition) is 1. The van der Waals surface area contributed by atoms with Gasteiger partial charge < -0.3 is 10.1 Å². The van der Waals surface area contributed by atoms with E-state index in [0.29, 0.717) is 25.1 Å². The number of alkyl carbamates (subject to hydrolysis) is 1. The maximum absolute atomic E-state index is 13.0. The van der Waals surface area contributed by atoms with E-state index in [0.717, 1.165) is 16.5 Å². The highest BCUT2D eigenvalue weighted by atomic mass is 32.2. The van der Waals surface area contributed by atoms with Crippen LogP contribution in [0.2, 0.25) is 0 Å². The van der Waals surface area contributed by atoms with E-state index >= 15 is 0 Å².